The average Bonchev–Trinajstić information content (AvgIpc) is 3.56. The van der Waals surface area contributed by atoms with Gasteiger partial charge in [0.15, 0.2) is 12.6 Å². The van der Waals surface area contributed by atoms with Crippen LogP contribution in [0.5, 0.6) is 5.75 Å². The molecule has 0 aromatic heterocycles. The summed E-state index contributed by atoms with van der Waals surface area (Å²) in [5, 5.41) is 10.3. The molecular weight excluding hydrogens is 527 g/mol. The number of nitrogens with zero attached hydrogens (tertiary/aromatic N) is 1. The van der Waals surface area contributed by atoms with Gasteiger partial charge in [-0.2, -0.15) is 0 Å². The van der Waals surface area contributed by atoms with Gasteiger partial charge in [-0.15, -0.1) is 24.0 Å². The molecule has 0 atom stereocenters. The van der Waals surface area contributed by atoms with Gasteiger partial charge in [0, 0.05) is 24.2 Å². The molecule has 31 heavy (non-hydrogen) atoms. The maximum absolute atomic E-state index is 11.8. The quantitative estimate of drug-likeness (QED) is 0.236. The highest BCUT2D eigenvalue weighted by molar-refractivity contribution is 14.0. The number of nitrogens with one attached hydrogen (secondary N) is 3. The zero-order chi connectivity index (χ0) is 21.2. The van der Waals surface area contributed by atoms with Gasteiger partial charge in [-0.1, -0.05) is 35.9 Å². The lowest BCUT2D eigenvalue weighted by Crippen LogP contribution is -2.38. The van der Waals surface area contributed by atoms with E-state index < -0.39 is 0 Å². The Labute approximate surface area is 206 Å². The van der Waals surface area contributed by atoms with Crippen LogP contribution in [0.3, 0.4) is 0 Å². The summed E-state index contributed by atoms with van der Waals surface area (Å²) in [7, 11) is 0. The van der Waals surface area contributed by atoms with Crippen LogP contribution in [0, 0.1) is 0 Å². The van der Waals surface area contributed by atoms with Crippen molar-refractivity contribution in [1.29, 1.82) is 0 Å². The molecule has 2 aromatic rings. The van der Waals surface area contributed by atoms with Crippen LogP contribution < -0.4 is 20.7 Å². The summed E-state index contributed by atoms with van der Waals surface area (Å²) in [5.74, 6) is 1.37. The maximum atomic E-state index is 11.8. The van der Waals surface area contributed by atoms with Crippen molar-refractivity contribution in [3.05, 3.63) is 64.7 Å². The fraction of sp³-hybridized carbons (Fsp3) is 0.391. The second-order valence-electron chi connectivity index (χ2n) is 7.28. The number of hydrogen-bond acceptors (Lipinski definition) is 3. The van der Waals surface area contributed by atoms with E-state index >= 15 is 0 Å². The van der Waals surface area contributed by atoms with Gasteiger partial charge in [-0.05, 0) is 61.6 Å². The zero-order valence-electron chi connectivity index (χ0n) is 17.7. The van der Waals surface area contributed by atoms with E-state index in [9.17, 15) is 4.79 Å². The van der Waals surface area contributed by atoms with Crippen LogP contribution in [0.4, 0.5) is 0 Å². The highest BCUT2D eigenvalue weighted by Gasteiger charge is 2.23. The van der Waals surface area contributed by atoms with Crippen LogP contribution >= 0.6 is 35.6 Å². The second kappa shape index (κ2) is 13.4. The van der Waals surface area contributed by atoms with Crippen LogP contribution in [0.2, 0.25) is 5.02 Å². The molecule has 1 amide bonds. The first kappa shape index (κ1) is 25.3. The summed E-state index contributed by atoms with van der Waals surface area (Å²) in [4.78, 5) is 16.4. The molecule has 8 heteroatoms. The minimum Gasteiger partial charge on any atom is -0.484 e. The largest absolute Gasteiger partial charge is 0.484 e. The molecule has 0 saturated heterocycles. The van der Waals surface area contributed by atoms with E-state index in [1.54, 1.807) is 0 Å². The fourth-order valence-corrected chi connectivity index (χ4v) is 2.99. The summed E-state index contributed by atoms with van der Waals surface area (Å²) in [5.41, 5.74) is 2.24. The molecule has 3 N–H and O–H groups in total. The third-order valence-electron chi connectivity index (χ3n) is 4.59. The predicted octanol–water partition coefficient (Wildman–Crippen LogP) is 3.91. The Morgan fingerprint density at radius 3 is 2.61 bits per heavy atom. The summed E-state index contributed by atoms with van der Waals surface area (Å²) in [6, 6.07) is 15.9. The third kappa shape index (κ3) is 9.78. The van der Waals surface area contributed by atoms with Crippen LogP contribution in [0.15, 0.2) is 53.5 Å². The first-order valence-electron chi connectivity index (χ1n) is 10.4. The number of rotatable bonds is 10. The number of carbonyl (C=O) groups is 1. The van der Waals surface area contributed by atoms with Crippen molar-refractivity contribution in [2.45, 2.75) is 38.8 Å². The van der Waals surface area contributed by atoms with Gasteiger partial charge in [-0.3, -0.25) is 4.79 Å². The van der Waals surface area contributed by atoms with Crippen molar-refractivity contribution in [1.82, 2.24) is 16.0 Å². The highest BCUT2D eigenvalue weighted by atomic mass is 127. The number of halogens is 2. The summed E-state index contributed by atoms with van der Waals surface area (Å²) < 4.78 is 5.61. The molecular formula is C23H30ClIN4O2. The second-order valence-corrected chi connectivity index (χ2v) is 7.71. The lowest BCUT2D eigenvalue weighted by atomic mass is 10.1. The first-order valence-corrected chi connectivity index (χ1v) is 10.8. The topological polar surface area (TPSA) is 74.8 Å². The molecule has 2 aromatic carbocycles. The molecule has 1 aliphatic rings. The van der Waals surface area contributed by atoms with Gasteiger partial charge in [0.25, 0.3) is 5.91 Å². The van der Waals surface area contributed by atoms with Gasteiger partial charge in [0.2, 0.25) is 0 Å². The summed E-state index contributed by atoms with van der Waals surface area (Å²) in [6.45, 7) is 4.15. The van der Waals surface area contributed by atoms with Crippen molar-refractivity contribution in [3.63, 3.8) is 0 Å². The molecule has 0 aliphatic heterocycles. The van der Waals surface area contributed by atoms with Crippen molar-refractivity contribution in [2.24, 2.45) is 4.99 Å². The SMILES string of the molecule is CCNC(=NCc1cccc(OCC(=O)NC2CC2)c1)NCCc1ccc(Cl)cc1.I. The zero-order valence-corrected chi connectivity index (χ0v) is 20.8. The minimum absolute atomic E-state index is 0. The predicted molar refractivity (Wildman–Crippen MR) is 136 cm³/mol. The summed E-state index contributed by atoms with van der Waals surface area (Å²) >= 11 is 5.93. The Balaban J connectivity index is 0.00000341. The Kier molecular flexibility index (Phi) is 10.9. The highest BCUT2D eigenvalue weighted by Crippen LogP contribution is 2.18. The van der Waals surface area contributed by atoms with E-state index in [-0.39, 0.29) is 36.5 Å². The minimum atomic E-state index is -0.0692. The molecule has 168 valence electrons. The van der Waals surface area contributed by atoms with E-state index in [1.807, 2.05) is 55.5 Å². The number of benzene rings is 2. The molecule has 1 saturated carbocycles. The molecule has 1 fully saturated rings. The Morgan fingerprint density at radius 2 is 1.90 bits per heavy atom. The number of hydrogen-bond donors (Lipinski definition) is 3. The Bertz CT molecular complexity index is 857. The number of amides is 1. The van der Waals surface area contributed by atoms with Gasteiger partial charge >= 0.3 is 0 Å². The van der Waals surface area contributed by atoms with E-state index in [1.165, 1.54) is 5.56 Å². The summed E-state index contributed by atoms with van der Waals surface area (Å²) in [6.07, 6.45) is 3.02. The molecule has 0 bridgehead atoms. The normalized spacial score (nSPS) is 13.2. The monoisotopic (exact) mass is 556 g/mol. The van der Waals surface area contributed by atoms with Gasteiger partial charge in [0.05, 0.1) is 6.54 Å². The molecule has 0 unspecified atom stereocenters. The Morgan fingerprint density at radius 1 is 1.13 bits per heavy atom. The van der Waals surface area contributed by atoms with Crippen molar-refractivity contribution in [3.8, 4) is 5.75 Å². The number of carbonyl (C=O) groups excluding carboxylic acids is 1. The average molecular weight is 557 g/mol. The molecule has 0 heterocycles. The van der Waals surface area contributed by atoms with Crippen molar-refractivity contribution in [2.75, 3.05) is 19.7 Å². The van der Waals surface area contributed by atoms with Gasteiger partial charge in [-0.25, -0.2) is 4.99 Å². The van der Waals surface area contributed by atoms with Crippen molar-refractivity contribution >= 4 is 47.4 Å². The van der Waals surface area contributed by atoms with Gasteiger partial charge < -0.3 is 20.7 Å². The lowest BCUT2D eigenvalue weighted by molar-refractivity contribution is -0.123. The maximum Gasteiger partial charge on any atom is 0.258 e. The standard InChI is InChI=1S/C23H29ClN4O2.HI/c1-2-25-23(26-13-12-17-6-8-19(24)9-7-17)27-15-18-4-3-5-21(14-18)30-16-22(29)28-20-10-11-20;/h3-9,14,20H,2,10-13,15-16H2,1H3,(H,28,29)(H2,25,26,27);1H. The third-order valence-corrected chi connectivity index (χ3v) is 4.85. The molecule has 6 nitrogen and oxygen atoms in total. The van der Waals surface area contributed by atoms with Gasteiger partial charge in [0.1, 0.15) is 5.75 Å². The fourth-order valence-electron chi connectivity index (χ4n) is 2.87. The smallest absolute Gasteiger partial charge is 0.258 e. The molecule has 1 aliphatic carbocycles. The molecule has 0 spiro atoms. The van der Waals surface area contributed by atoms with E-state index in [0.717, 1.165) is 48.9 Å². The van der Waals surface area contributed by atoms with E-state index in [0.29, 0.717) is 18.3 Å². The Hall–Kier alpha value is -2.00. The van der Waals surface area contributed by atoms with Crippen LogP contribution in [0.1, 0.15) is 30.9 Å². The van der Waals surface area contributed by atoms with Crippen LogP contribution in [0.25, 0.3) is 0 Å². The van der Waals surface area contributed by atoms with Crippen molar-refractivity contribution < 1.29 is 9.53 Å². The number of ether oxygens (including phenoxy) is 1. The van der Waals surface area contributed by atoms with Crippen LogP contribution in [-0.4, -0.2) is 37.6 Å². The van der Waals surface area contributed by atoms with Crippen LogP contribution in [-0.2, 0) is 17.8 Å². The lowest BCUT2D eigenvalue weighted by Gasteiger charge is -2.12. The van der Waals surface area contributed by atoms with E-state index in [4.69, 9.17) is 16.3 Å². The first-order chi connectivity index (χ1) is 14.6. The van der Waals surface area contributed by atoms with E-state index in [2.05, 4.69) is 20.9 Å². The molecule has 3 rings (SSSR count). The molecule has 0 radical (unpaired) electrons. The number of guanidine groups is 1. The number of aliphatic imine (C=N–C) groups is 1.